The summed E-state index contributed by atoms with van der Waals surface area (Å²) in [5.41, 5.74) is 0. The lowest BCUT2D eigenvalue weighted by Gasteiger charge is -2.21. The summed E-state index contributed by atoms with van der Waals surface area (Å²) >= 11 is 0. The van der Waals surface area contributed by atoms with Crippen LogP contribution in [0.3, 0.4) is 0 Å². The van der Waals surface area contributed by atoms with Crippen LogP contribution in [0, 0.1) is 11.8 Å². The van der Waals surface area contributed by atoms with Crippen LogP contribution in [-0.2, 0) is 9.59 Å². The Kier molecular flexibility index (Phi) is 13.3. The molecular weight excluding hydrogens is 302 g/mol. The van der Waals surface area contributed by atoms with Gasteiger partial charge in [0, 0.05) is 25.2 Å². The largest absolute Gasteiger partial charge is 0.478 e. The van der Waals surface area contributed by atoms with Gasteiger partial charge < -0.3 is 10.0 Å². The SMILES string of the molecule is CC(C)CCCCCN(CCCCCC(C)C)C(=O)/C=C/C(=O)O. The molecule has 24 heavy (non-hydrogen) atoms. The first-order valence-electron chi connectivity index (χ1n) is 9.52. The minimum absolute atomic E-state index is 0.176. The average molecular weight is 340 g/mol. The number of carboxylic acid groups (broad SMARTS) is 1. The van der Waals surface area contributed by atoms with Crippen LogP contribution in [-0.4, -0.2) is 35.0 Å². The Labute approximate surface area is 148 Å². The molecule has 0 aliphatic heterocycles. The van der Waals surface area contributed by atoms with Crippen molar-refractivity contribution >= 4 is 11.9 Å². The maximum Gasteiger partial charge on any atom is 0.328 e. The first-order valence-corrected chi connectivity index (χ1v) is 9.52. The molecule has 0 aliphatic rings. The summed E-state index contributed by atoms with van der Waals surface area (Å²) in [5.74, 6) is 0.201. The molecule has 0 spiro atoms. The number of carbonyl (C=O) groups excluding carboxylic acids is 1. The van der Waals surface area contributed by atoms with Crippen LogP contribution in [0.15, 0.2) is 12.2 Å². The highest BCUT2D eigenvalue weighted by molar-refractivity contribution is 5.93. The number of rotatable bonds is 14. The van der Waals surface area contributed by atoms with Crippen LogP contribution in [0.25, 0.3) is 0 Å². The van der Waals surface area contributed by atoms with Crippen LogP contribution < -0.4 is 0 Å². The lowest BCUT2D eigenvalue weighted by atomic mass is 10.0. The van der Waals surface area contributed by atoms with Gasteiger partial charge in [-0.25, -0.2) is 4.79 Å². The lowest BCUT2D eigenvalue weighted by Crippen LogP contribution is -2.31. The molecule has 0 aromatic heterocycles. The van der Waals surface area contributed by atoms with Gasteiger partial charge in [-0.15, -0.1) is 0 Å². The Morgan fingerprint density at radius 3 is 1.62 bits per heavy atom. The quantitative estimate of drug-likeness (QED) is 0.362. The molecule has 0 radical (unpaired) electrons. The molecule has 0 saturated heterocycles. The van der Waals surface area contributed by atoms with Crippen LogP contribution in [0.1, 0.15) is 79.1 Å². The second kappa shape index (κ2) is 14.1. The van der Waals surface area contributed by atoms with Crippen LogP contribution in [0.5, 0.6) is 0 Å². The molecule has 0 aromatic carbocycles. The summed E-state index contributed by atoms with van der Waals surface area (Å²) in [6, 6.07) is 0. The number of carboxylic acids is 1. The first-order chi connectivity index (χ1) is 11.3. The van der Waals surface area contributed by atoms with Gasteiger partial charge >= 0.3 is 5.97 Å². The van der Waals surface area contributed by atoms with E-state index in [-0.39, 0.29) is 5.91 Å². The van der Waals surface area contributed by atoms with Gasteiger partial charge in [0.15, 0.2) is 0 Å². The molecular formula is C20H37NO3. The summed E-state index contributed by atoms with van der Waals surface area (Å²) < 4.78 is 0. The van der Waals surface area contributed by atoms with Gasteiger partial charge in [-0.3, -0.25) is 4.79 Å². The fraction of sp³-hybridized carbons (Fsp3) is 0.800. The predicted molar refractivity (Wildman–Crippen MR) is 100.0 cm³/mol. The number of hydrogen-bond acceptors (Lipinski definition) is 2. The molecule has 0 saturated carbocycles. The molecule has 0 bridgehead atoms. The second-order valence-electron chi connectivity index (χ2n) is 7.48. The molecule has 140 valence electrons. The van der Waals surface area contributed by atoms with Gasteiger partial charge in [0.25, 0.3) is 0 Å². The molecule has 0 aliphatic carbocycles. The van der Waals surface area contributed by atoms with Crippen LogP contribution >= 0.6 is 0 Å². The average Bonchev–Trinajstić information content (AvgIpc) is 2.49. The van der Waals surface area contributed by atoms with E-state index in [1.165, 1.54) is 31.8 Å². The van der Waals surface area contributed by atoms with Gasteiger partial charge in [-0.2, -0.15) is 0 Å². The minimum Gasteiger partial charge on any atom is -0.478 e. The molecule has 0 rings (SSSR count). The third kappa shape index (κ3) is 14.3. The van der Waals surface area contributed by atoms with E-state index < -0.39 is 5.97 Å². The standard InChI is InChI=1S/C20H37NO3/c1-17(2)11-7-5-9-15-21(19(22)13-14-20(23)24)16-10-6-8-12-18(3)4/h13-14,17-18H,5-12,15-16H2,1-4H3,(H,23,24)/b14-13+. The molecule has 0 fully saturated rings. The zero-order valence-corrected chi connectivity index (χ0v) is 16.1. The third-order valence-electron chi connectivity index (χ3n) is 4.10. The van der Waals surface area contributed by atoms with E-state index in [4.69, 9.17) is 5.11 Å². The zero-order chi connectivity index (χ0) is 18.4. The zero-order valence-electron chi connectivity index (χ0n) is 16.1. The smallest absolute Gasteiger partial charge is 0.328 e. The van der Waals surface area contributed by atoms with Crippen molar-refractivity contribution in [3.63, 3.8) is 0 Å². The topological polar surface area (TPSA) is 57.6 Å². The first kappa shape index (κ1) is 22.7. The molecule has 1 N–H and O–H groups in total. The van der Waals surface area contributed by atoms with Gasteiger partial charge in [0.2, 0.25) is 5.91 Å². The monoisotopic (exact) mass is 339 g/mol. The third-order valence-corrected chi connectivity index (χ3v) is 4.10. The molecule has 0 atom stereocenters. The van der Waals surface area contributed by atoms with E-state index in [0.717, 1.165) is 56.7 Å². The summed E-state index contributed by atoms with van der Waals surface area (Å²) in [4.78, 5) is 24.6. The fourth-order valence-electron chi connectivity index (χ4n) is 2.64. The van der Waals surface area contributed by atoms with E-state index in [1.54, 1.807) is 0 Å². The van der Waals surface area contributed by atoms with Crippen molar-refractivity contribution in [1.82, 2.24) is 4.90 Å². The second-order valence-corrected chi connectivity index (χ2v) is 7.48. The molecule has 1 amide bonds. The van der Waals surface area contributed by atoms with Crippen molar-refractivity contribution in [1.29, 1.82) is 0 Å². The predicted octanol–water partition coefficient (Wildman–Crippen LogP) is 4.89. The lowest BCUT2D eigenvalue weighted by molar-refractivity contribution is -0.132. The summed E-state index contributed by atoms with van der Waals surface area (Å²) in [5, 5.41) is 8.68. The Morgan fingerprint density at radius 2 is 1.25 bits per heavy atom. The van der Waals surface area contributed by atoms with Gasteiger partial charge in [-0.1, -0.05) is 66.2 Å². The number of hydrogen-bond donors (Lipinski definition) is 1. The molecule has 0 unspecified atom stereocenters. The summed E-state index contributed by atoms with van der Waals surface area (Å²) in [7, 11) is 0. The van der Waals surface area contributed by atoms with E-state index in [9.17, 15) is 9.59 Å². The molecule has 4 heteroatoms. The Balaban J connectivity index is 4.23. The Morgan fingerprint density at radius 1 is 0.792 bits per heavy atom. The van der Waals surface area contributed by atoms with Crippen molar-refractivity contribution in [2.24, 2.45) is 11.8 Å². The van der Waals surface area contributed by atoms with Crippen LogP contribution in [0.4, 0.5) is 0 Å². The van der Waals surface area contributed by atoms with Crippen molar-refractivity contribution in [3.05, 3.63) is 12.2 Å². The van der Waals surface area contributed by atoms with E-state index in [0.29, 0.717) is 0 Å². The minimum atomic E-state index is -1.07. The number of aliphatic carboxylic acids is 1. The summed E-state index contributed by atoms with van der Waals surface area (Å²) in [6.07, 6.45) is 11.2. The van der Waals surface area contributed by atoms with E-state index >= 15 is 0 Å². The van der Waals surface area contributed by atoms with Crippen LogP contribution in [0.2, 0.25) is 0 Å². The van der Waals surface area contributed by atoms with Crippen molar-refractivity contribution in [2.75, 3.05) is 13.1 Å². The molecule has 0 aromatic rings. The van der Waals surface area contributed by atoms with E-state index in [2.05, 4.69) is 27.7 Å². The van der Waals surface area contributed by atoms with Crippen molar-refractivity contribution < 1.29 is 14.7 Å². The maximum atomic E-state index is 12.2. The highest BCUT2D eigenvalue weighted by Gasteiger charge is 2.10. The fourth-order valence-corrected chi connectivity index (χ4v) is 2.64. The van der Waals surface area contributed by atoms with Gasteiger partial charge in [0.1, 0.15) is 0 Å². The van der Waals surface area contributed by atoms with Crippen molar-refractivity contribution in [3.8, 4) is 0 Å². The normalized spacial score (nSPS) is 11.6. The molecule has 4 nitrogen and oxygen atoms in total. The summed E-state index contributed by atoms with van der Waals surface area (Å²) in [6.45, 7) is 10.4. The van der Waals surface area contributed by atoms with Gasteiger partial charge in [-0.05, 0) is 24.7 Å². The number of amides is 1. The number of unbranched alkanes of at least 4 members (excludes halogenated alkanes) is 4. The van der Waals surface area contributed by atoms with E-state index in [1.807, 2.05) is 4.90 Å². The maximum absolute atomic E-state index is 12.2. The highest BCUT2D eigenvalue weighted by atomic mass is 16.4. The Bertz CT molecular complexity index is 357. The molecule has 0 heterocycles. The number of nitrogens with zero attached hydrogens (tertiary/aromatic N) is 1. The highest BCUT2D eigenvalue weighted by Crippen LogP contribution is 2.11. The van der Waals surface area contributed by atoms with Gasteiger partial charge in [0.05, 0.1) is 0 Å². The number of carbonyl (C=O) groups is 2. The van der Waals surface area contributed by atoms with Crippen molar-refractivity contribution in [2.45, 2.75) is 79.1 Å². The Hall–Kier alpha value is -1.32.